The number of likely N-dealkylation sites (tertiary alicyclic amines) is 1. The standard InChI is InChI=1S/C29H26F2N6O3S/c1-17-15-41-25(34-17)22-14-29(30,31)16-37(22)26(38)21-11-19(23-33-8-9-39-23)10-20(12-21)24-35-36-27(40-24)28(2,32)13-18-6-4-3-5-7-18/h3-12,15,22H,13-14,16,32H2,1-2H3/t22-,28+/m1/s1. The smallest absolute Gasteiger partial charge is 0.267 e. The van der Waals surface area contributed by atoms with E-state index >= 15 is 0 Å². The zero-order valence-electron chi connectivity index (χ0n) is 22.3. The second kappa shape index (κ2) is 10.3. The number of alkyl halides is 2. The molecule has 9 nitrogen and oxygen atoms in total. The lowest BCUT2D eigenvalue weighted by Gasteiger charge is -2.23. The Hall–Kier alpha value is -4.29. The molecule has 2 N–H and O–H groups in total. The second-order valence-electron chi connectivity index (χ2n) is 10.5. The van der Waals surface area contributed by atoms with Crippen molar-refractivity contribution in [1.29, 1.82) is 0 Å². The molecule has 1 aliphatic heterocycles. The third-order valence-corrected chi connectivity index (χ3v) is 7.95. The summed E-state index contributed by atoms with van der Waals surface area (Å²) in [4.78, 5) is 23.6. The van der Waals surface area contributed by atoms with E-state index in [4.69, 9.17) is 14.6 Å². The van der Waals surface area contributed by atoms with Crippen LogP contribution in [0, 0.1) is 6.92 Å². The highest BCUT2D eigenvalue weighted by Gasteiger charge is 2.49. The molecule has 1 amide bonds. The predicted octanol–water partition coefficient (Wildman–Crippen LogP) is 5.80. The molecule has 6 rings (SSSR count). The molecule has 4 heterocycles. The second-order valence-corrected chi connectivity index (χ2v) is 11.4. The average molecular weight is 577 g/mol. The molecule has 2 aromatic carbocycles. The Morgan fingerprint density at radius 3 is 2.61 bits per heavy atom. The molecular formula is C29H26F2N6O3S. The van der Waals surface area contributed by atoms with Crippen LogP contribution in [0.15, 0.2) is 75.2 Å². The maximum absolute atomic E-state index is 14.6. The molecule has 3 aromatic heterocycles. The Balaban J connectivity index is 1.37. The average Bonchev–Trinajstić information content (AvgIpc) is 3.75. The first-order chi connectivity index (χ1) is 19.6. The van der Waals surface area contributed by atoms with Crippen molar-refractivity contribution in [3.05, 3.63) is 94.1 Å². The predicted molar refractivity (Wildman–Crippen MR) is 147 cm³/mol. The molecule has 1 aliphatic rings. The van der Waals surface area contributed by atoms with E-state index in [1.807, 2.05) is 30.3 Å². The number of aromatic nitrogens is 4. The summed E-state index contributed by atoms with van der Waals surface area (Å²) in [7, 11) is 0. The number of aryl methyl sites for hydroxylation is 1. The van der Waals surface area contributed by atoms with Gasteiger partial charge < -0.3 is 19.5 Å². The van der Waals surface area contributed by atoms with Crippen LogP contribution in [0.4, 0.5) is 8.78 Å². The van der Waals surface area contributed by atoms with E-state index in [1.54, 1.807) is 31.4 Å². The van der Waals surface area contributed by atoms with Gasteiger partial charge >= 0.3 is 0 Å². The number of amides is 1. The van der Waals surface area contributed by atoms with E-state index in [2.05, 4.69) is 20.2 Å². The quantitative estimate of drug-likeness (QED) is 0.258. The molecule has 12 heteroatoms. The molecule has 0 aliphatic carbocycles. The number of oxazole rings is 1. The minimum Gasteiger partial charge on any atom is -0.445 e. The highest BCUT2D eigenvalue weighted by Crippen LogP contribution is 2.43. The van der Waals surface area contributed by atoms with Crippen LogP contribution in [-0.4, -0.2) is 43.4 Å². The molecule has 0 saturated carbocycles. The summed E-state index contributed by atoms with van der Waals surface area (Å²) >= 11 is 1.26. The first-order valence-corrected chi connectivity index (χ1v) is 13.8. The summed E-state index contributed by atoms with van der Waals surface area (Å²) in [6.45, 7) is 2.86. The van der Waals surface area contributed by atoms with E-state index in [1.165, 1.54) is 34.8 Å². The van der Waals surface area contributed by atoms with Crippen LogP contribution in [0.3, 0.4) is 0 Å². The summed E-state index contributed by atoms with van der Waals surface area (Å²) in [5.41, 5.74) is 8.31. The number of carbonyl (C=O) groups is 1. The van der Waals surface area contributed by atoms with Crippen molar-refractivity contribution < 1.29 is 22.4 Å². The van der Waals surface area contributed by atoms with Crippen LogP contribution in [0.25, 0.3) is 22.9 Å². The molecular weight excluding hydrogens is 550 g/mol. The van der Waals surface area contributed by atoms with Crippen LogP contribution >= 0.6 is 11.3 Å². The van der Waals surface area contributed by atoms with Gasteiger partial charge in [-0.1, -0.05) is 30.3 Å². The first-order valence-electron chi connectivity index (χ1n) is 12.9. The number of rotatable bonds is 7. The van der Waals surface area contributed by atoms with Crippen molar-refractivity contribution in [3.8, 4) is 22.9 Å². The zero-order chi connectivity index (χ0) is 28.8. The lowest BCUT2D eigenvalue weighted by Crippen LogP contribution is -2.35. The Morgan fingerprint density at radius 1 is 1.17 bits per heavy atom. The van der Waals surface area contributed by atoms with Crippen LogP contribution in [0.2, 0.25) is 0 Å². The lowest BCUT2D eigenvalue weighted by molar-refractivity contribution is 0.0118. The molecule has 210 valence electrons. The maximum Gasteiger partial charge on any atom is 0.267 e. The number of thiazole rings is 1. The Morgan fingerprint density at radius 2 is 1.93 bits per heavy atom. The van der Waals surface area contributed by atoms with Crippen molar-refractivity contribution in [3.63, 3.8) is 0 Å². The fraction of sp³-hybridized carbons (Fsp3) is 0.276. The molecule has 0 unspecified atom stereocenters. The minimum atomic E-state index is -3.05. The Bertz CT molecular complexity index is 1680. The van der Waals surface area contributed by atoms with Gasteiger partial charge in [-0.05, 0) is 44.0 Å². The molecule has 1 saturated heterocycles. The van der Waals surface area contributed by atoms with Crippen LogP contribution in [0.1, 0.15) is 51.9 Å². The fourth-order valence-electron chi connectivity index (χ4n) is 4.97. The van der Waals surface area contributed by atoms with Gasteiger partial charge in [0.05, 0.1) is 24.3 Å². The van der Waals surface area contributed by atoms with Gasteiger partial charge in [-0.2, -0.15) is 0 Å². The van der Waals surface area contributed by atoms with Crippen molar-refractivity contribution in [2.24, 2.45) is 5.73 Å². The number of halogens is 2. The third kappa shape index (κ3) is 5.52. The highest BCUT2D eigenvalue weighted by molar-refractivity contribution is 7.09. The van der Waals surface area contributed by atoms with Crippen LogP contribution < -0.4 is 5.73 Å². The van der Waals surface area contributed by atoms with Gasteiger partial charge in [0.1, 0.15) is 11.3 Å². The molecule has 0 radical (unpaired) electrons. The molecule has 5 aromatic rings. The molecule has 2 atom stereocenters. The van der Waals surface area contributed by atoms with Crippen molar-refractivity contribution in [1.82, 2.24) is 25.1 Å². The number of nitrogens with zero attached hydrogens (tertiary/aromatic N) is 5. The van der Waals surface area contributed by atoms with Gasteiger partial charge in [-0.15, -0.1) is 21.5 Å². The van der Waals surface area contributed by atoms with Gasteiger partial charge in [0, 0.05) is 34.2 Å². The Kier molecular flexibility index (Phi) is 6.74. The van der Waals surface area contributed by atoms with Gasteiger partial charge in [-0.3, -0.25) is 4.79 Å². The van der Waals surface area contributed by atoms with Crippen LogP contribution in [0.5, 0.6) is 0 Å². The summed E-state index contributed by atoms with van der Waals surface area (Å²) in [5.74, 6) is -3.06. The highest BCUT2D eigenvalue weighted by atomic mass is 32.1. The summed E-state index contributed by atoms with van der Waals surface area (Å²) in [6, 6.07) is 13.6. The SMILES string of the molecule is Cc1csc([C@H]2CC(F)(F)CN2C(=O)c2cc(-c3ncco3)cc(-c3nnc([C@@](C)(N)Cc4ccccc4)o3)c2)n1. The molecule has 0 spiro atoms. The number of nitrogens with two attached hydrogens (primary N) is 1. The van der Waals surface area contributed by atoms with Crippen molar-refractivity contribution >= 4 is 17.2 Å². The van der Waals surface area contributed by atoms with E-state index in [0.29, 0.717) is 28.2 Å². The van der Waals surface area contributed by atoms with E-state index in [0.717, 1.165) is 5.56 Å². The number of benzene rings is 2. The molecule has 0 bridgehead atoms. The van der Waals surface area contributed by atoms with E-state index in [9.17, 15) is 13.6 Å². The topological polar surface area (TPSA) is 124 Å². The van der Waals surface area contributed by atoms with Gasteiger partial charge in [-0.25, -0.2) is 18.7 Å². The first kappa shape index (κ1) is 26.9. The van der Waals surface area contributed by atoms with Crippen molar-refractivity contribution in [2.75, 3.05) is 6.54 Å². The monoisotopic (exact) mass is 576 g/mol. The van der Waals surface area contributed by atoms with Gasteiger partial charge in [0.15, 0.2) is 0 Å². The van der Waals surface area contributed by atoms with Crippen molar-refractivity contribution in [2.45, 2.75) is 44.2 Å². The Labute approximate surface area is 238 Å². The number of hydrogen-bond acceptors (Lipinski definition) is 9. The maximum atomic E-state index is 14.6. The molecule has 1 fully saturated rings. The summed E-state index contributed by atoms with van der Waals surface area (Å²) < 4.78 is 40.8. The number of hydrogen-bond donors (Lipinski definition) is 1. The summed E-state index contributed by atoms with van der Waals surface area (Å²) in [6.07, 6.45) is 2.83. The normalized spacial score (nSPS) is 18.0. The van der Waals surface area contributed by atoms with E-state index in [-0.39, 0.29) is 23.2 Å². The minimum absolute atomic E-state index is 0.117. The lowest BCUT2D eigenvalue weighted by atomic mass is 9.94. The van der Waals surface area contributed by atoms with Gasteiger partial charge in [0.25, 0.3) is 11.8 Å². The van der Waals surface area contributed by atoms with Gasteiger partial charge in [0.2, 0.25) is 17.7 Å². The summed E-state index contributed by atoms with van der Waals surface area (Å²) in [5, 5.41) is 10.7. The zero-order valence-corrected chi connectivity index (χ0v) is 23.1. The number of carbonyl (C=O) groups excluding carboxylic acids is 1. The molecule has 41 heavy (non-hydrogen) atoms. The fourth-order valence-corrected chi connectivity index (χ4v) is 5.88. The third-order valence-electron chi connectivity index (χ3n) is 6.89. The largest absolute Gasteiger partial charge is 0.445 e. The van der Waals surface area contributed by atoms with E-state index < -0.39 is 36.4 Å². The van der Waals surface area contributed by atoms with Crippen LogP contribution in [-0.2, 0) is 12.0 Å².